The summed E-state index contributed by atoms with van der Waals surface area (Å²) in [5, 5.41) is 7.71. The second-order valence-corrected chi connectivity index (χ2v) is 2.57. The average Bonchev–Trinajstić information content (AvgIpc) is 1.21. The Morgan fingerprint density at radius 1 is 1.44 bits per heavy atom. The van der Waals surface area contributed by atoms with Crippen LogP contribution >= 0.6 is 0 Å². The van der Waals surface area contributed by atoms with Crippen molar-refractivity contribution in [3.63, 3.8) is 0 Å². The first-order valence-electron chi connectivity index (χ1n) is 1.59. The summed E-state index contributed by atoms with van der Waals surface area (Å²) in [6.45, 7) is 0. The molecule has 9 heavy (non-hydrogen) atoms. The van der Waals surface area contributed by atoms with Crippen LogP contribution in [-0.2, 0) is 14.9 Å². The summed E-state index contributed by atoms with van der Waals surface area (Å²) < 4.78 is 27.0. The third kappa shape index (κ3) is 11.8. The van der Waals surface area contributed by atoms with E-state index in [2.05, 4.69) is 0 Å². The van der Waals surface area contributed by atoms with E-state index in [9.17, 15) is 13.2 Å². The van der Waals surface area contributed by atoms with Gasteiger partial charge in [-0.25, -0.2) is 0 Å². The van der Waals surface area contributed by atoms with Gasteiger partial charge in [-0.3, -0.25) is 9.35 Å². The molecule has 0 aliphatic carbocycles. The standard InChI is InChI=1S/C2H4O5S.Na/c3-2(4)1-8(5,6)7;/h1H2,(H,3,4)(H,5,6,7);/q;+1. The third-order valence-corrected chi connectivity index (χ3v) is 0.918. The molecule has 0 aliphatic rings. The van der Waals surface area contributed by atoms with Crippen LogP contribution in [0.1, 0.15) is 0 Å². The molecule has 5 nitrogen and oxygen atoms in total. The summed E-state index contributed by atoms with van der Waals surface area (Å²) in [6, 6.07) is 0. The molecule has 0 aromatic carbocycles. The van der Waals surface area contributed by atoms with Gasteiger partial charge >= 0.3 is 35.5 Å². The van der Waals surface area contributed by atoms with Crippen molar-refractivity contribution in [2.24, 2.45) is 0 Å². The van der Waals surface area contributed by atoms with Crippen LogP contribution in [0.15, 0.2) is 0 Å². The number of hydrogen-bond donors (Lipinski definition) is 2. The van der Waals surface area contributed by atoms with E-state index < -0.39 is 21.8 Å². The van der Waals surface area contributed by atoms with Crippen LogP contribution in [-0.4, -0.2) is 29.8 Å². The van der Waals surface area contributed by atoms with Crippen LogP contribution in [0.5, 0.6) is 0 Å². The number of carbonyl (C=O) groups is 1. The van der Waals surface area contributed by atoms with Gasteiger partial charge in [-0.05, 0) is 0 Å². The summed E-state index contributed by atoms with van der Waals surface area (Å²) >= 11 is 0. The Morgan fingerprint density at radius 3 is 1.78 bits per heavy atom. The first kappa shape index (κ1) is 12.1. The van der Waals surface area contributed by atoms with Crippen molar-refractivity contribution in [3.05, 3.63) is 0 Å². The molecule has 7 heteroatoms. The molecule has 0 atom stereocenters. The Bertz CT molecular complexity index is 181. The number of hydrogen-bond acceptors (Lipinski definition) is 3. The SMILES string of the molecule is O=C(O)CS(=O)(=O)O.[Na+]. The molecular formula is C2H4NaO5S+. The van der Waals surface area contributed by atoms with Crippen LogP contribution in [0.2, 0.25) is 0 Å². The van der Waals surface area contributed by atoms with E-state index in [0.717, 1.165) is 0 Å². The van der Waals surface area contributed by atoms with Gasteiger partial charge in [0.25, 0.3) is 10.1 Å². The molecule has 0 bridgehead atoms. The second kappa shape index (κ2) is 4.24. The quantitative estimate of drug-likeness (QED) is 0.319. The van der Waals surface area contributed by atoms with E-state index in [-0.39, 0.29) is 29.6 Å². The van der Waals surface area contributed by atoms with Crippen molar-refractivity contribution in [2.75, 3.05) is 5.75 Å². The minimum absolute atomic E-state index is 0. The fraction of sp³-hybridized carbons (Fsp3) is 0.500. The molecule has 0 rings (SSSR count). The first-order valence-corrected chi connectivity index (χ1v) is 3.20. The van der Waals surface area contributed by atoms with Gasteiger partial charge in [0.2, 0.25) is 0 Å². The largest absolute Gasteiger partial charge is 1.00 e. The van der Waals surface area contributed by atoms with Crippen LogP contribution in [0.3, 0.4) is 0 Å². The maximum absolute atomic E-state index is 9.62. The Kier molecular flexibility index (Phi) is 5.69. The molecule has 0 spiro atoms. The first-order chi connectivity index (χ1) is 3.42. The Morgan fingerprint density at radius 2 is 1.78 bits per heavy atom. The minimum Gasteiger partial charge on any atom is -0.480 e. The van der Waals surface area contributed by atoms with Gasteiger partial charge < -0.3 is 5.11 Å². The van der Waals surface area contributed by atoms with Crippen molar-refractivity contribution < 1.29 is 52.4 Å². The maximum atomic E-state index is 9.62. The minimum atomic E-state index is -4.32. The van der Waals surface area contributed by atoms with Crippen molar-refractivity contribution in [1.29, 1.82) is 0 Å². The summed E-state index contributed by atoms with van der Waals surface area (Å²) in [6.07, 6.45) is 0. The Labute approximate surface area is 74.1 Å². The molecular weight excluding hydrogens is 159 g/mol. The van der Waals surface area contributed by atoms with Gasteiger partial charge in [-0.15, -0.1) is 0 Å². The molecule has 0 amide bonds. The summed E-state index contributed by atoms with van der Waals surface area (Å²) in [7, 11) is -4.32. The van der Waals surface area contributed by atoms with Gasteiger partial charge in [0, 0.05) is 0 Å². The van der Waals surface area contributed by atoms with Gasteiger partial charge in [0.05, 0.1) is 0 Å². The van der Waals surface area contributed by atoms with Crippen LogP contribution in [0.25, 0.3) is 0 Å². The third-order valence-electron chi connectivity index (χ3n) is 0.306. The molecule has 0 saturated carbocycles. The van der Waals surface area contributed by atoms with E-state index in [1.54, 1.807) is 0 Å². The van der Waals surface area contributed by atoms with Crippen molar-refractivity contribution in [3.8, 4) is 0 Å². The average molecular weight is 163 g/mol. The predicted molar refractivity (Wildman–Crippen MR) is 24.1 cm³/mol. The predicted octanol–water partition coefficient (Wildman–Crippen LogP) is -4.04. The molecule has 48 valence electrons. The molecule has 0 unspecified atom stereocenters. The van der Waals surface area contributed by atoms with Gasteiger partial charge in [-0.1, -0.05) is 0 Å². The molecule has 0 saturated heterocycles. The molecule has 2 N–H and O–H groups in total. The molecule has 0 aromatic rings. The zero-order valence-corrected chi connectivity index (χ0v) is 7.55. The van der Waals surface area contributed by atoms with Gasteiger partial charge in [-0.2, -0.15) is 8.42 Å². The fourth-order valence-electron chi connectivity index (χ4n) is 0.156. The van der Waals surface area contributed by atoms with E-state index in [1.165, 1.54) is 0 Å². The van der Waals surface area contributed by atoms with E-state index >= 15 is 0 Å². The Balaban J connectivity index is 0. The van der Waals surface area contributed by atoms with Crippen molar-refractivity contribution in [2.45, 2.75) is 0 Å². The monoisotopic (exact) mass is 163 g/mol. The van der Waals surface area contributed by atoms with E-state index in [1.807, 2.05) is 0 Å². The smallest absolute Gasteiger partial charge is 0.480 e. The zero-order valence-electron chi connectivity index (χ0n) is 4.73. The molecule has 0 radical (unpaired) electrons. The van der Waals surface area contributed by atoms with Crippen molar-refractivity contribution >= 4 is 16.1 Å². The van der Waals surface area contributed by atoms with Crippen LogP contribution in [0, 0.1) is 0 Å². The topological polar surface area (TPSA) is 91.7 Å². The summed E-state index contributed by atoms with van der Waals surface area (Å²) in [4.78, 5) is 9.48. The normalized spacial score (nSPS) is 9.89. The molecule has 0 heterocycles. The number of carboxylic acid groups (broad SMARTS) is 1. The fourth-order valence-corrected chi connectivity index (χ4v) is 0.468. The molecule has 0 fully saturated rings. The van der Waals surface area contributed by atoms with E-state index in [4.69, 9.17) is 9.66 Å². The van der Waals surface area contributed by atoms with Crippen LogP contribution in [0.4, 0.5) is 0 Å². The zero-order chi connectivity index (χ0) is 6.78. The Hall–Kier alpha value is 0.380. The van der Waals surface area contributed by atoms with E-state index in [0.29, 0.717) is 0 Å². The summed E-state index contributed by atoms with van der Waals surface area (Å²) in [5.41, 5.74) is 0. The van der Waals surface area contributed by atoms with Gasteiger partial charge in [0.1, 0.15) is 0 Å². The van der Waals surface area contributed by atoms with Gasteiger partial charge in [0.15, 0.2) is 5.75 Å². The number of rotatable bonds is 2. The van der Waals surface area contributed by atoms with Crippen LogP contribution < -0.4 is 29.6 Å². The number of aliphatic carboxylic acids is 1. The molecule has 0 aliphatic heterocycles. The van der Waals surface area contributed by atoms with Crippen molar-refractivity contribution in [1.82, 2.24) is 0 Å². The summed E-state index contributed by atoms with van der Waals surface area (Å²) in [5.74, 6) is -2.79. The maximum Gasteiger partial charge on any atom is 1.00 e. The molecule has 0 aromatic heterocycles. The second-order valence-electron chi connectivity index (χ2n) is 1.12. The number of carboxylic acids is 1.